The van der Waals surface area contributed by atoms with Gasteiger partial charge in [-0.2, -0.15) is 4.31 Å². The molecule has 2 fully saturated rings. The predicted molar refractivity (Wildman–Crippen MR) is 162 cm³/mol. The number of nitrogens with one attached hydrogen (secondary N) is 1. The standard InChI is InChI=1S/C30H43N5O7S/c1-21(2)17-35(43(38,39)26-10-8-23(31)9-11-26)19-28(42-30(37)34-14-12-24(32)18-34)27(16-22-6-4-3-5-7-22)33-29(36)41-25-13-15-40-20-25/h3-11,21,24-25,27-28H,12-20,31-32H2,1-2H3,(H,33,36)/t24-,25+,27+,28-/m1/s1. The van der Waals surface area contributed by atoms with Crippen molar-refractivity contribution < 1.29 is 32.2 Å². The zero-order valence-electron chi connectivity index (χ0n) is 24.8. The highest BCUT2D eigenvalue weighted by Crippen LogP contribution is 2.22. The highest BCUT2D eigenvalue weighted by molar-refractivity contribution is 7.89. The van der Waals surface area contributed by atoms with Gasteiger partial charge in [0.2, 0.25) is 10.0 Å². The van der Waals surface area contributed by atoms with Crippen LogP contribution in [0.1, 0.15) is 32.3 Å². The Bertz CT molecular complexity index is 1300. The quantitative estimate of drug-likeness (QED) is 0.303. The number of nitrogens with two attached hydrogens (primary N) is 2. The molecule has 2 amide bonds. The lowest BCUT2D eigenvalue weighted by atomic mass is 10.0. The molecule has 0 saturated carbocycles. The first kappa shape index (κ1) is 32.5. The molecule has 0 bridgehead atoms. The largest absolute Gasteiger partial charge is 0.444 e. The maximum atomic E-state index is 13.9. The summed E-state index contributed by atoms with van der Waals surface area (Å²) >= 11 is 0. The molecular weight excluding hydrogens is 574 g/mol. The second kappa shape index (κ2) is 14.9. The van der Waals surface area contributed by atoms with Crippen LogP contribution in [0, 0.1) is 5.92 Å². The van der Waals surface area contributed by atoms with Crippen LogP contribution in [0.3, 0.4) is 0 Å². The van der Waals surface area contributed by atoms with Gasteiger partial charge in [0.1, 0.15) is 12.2 Å². The van der Waals surface area contributed by atoms with Crippen molar-refractivity contribution in [3.63, 3.8) is 0 Å². The van der Waals surface area contributed by atoms with Gasteiger partial charge in [-0.05, 0) is 48.6 Å². The molecule has 0 spiro atoms. The molecule has 2 aliphatic heterocycles. The summed E-state index contributed by atoms with van der Waals surface area (Å²) < 4.78 is 46.1. The van der Waals surface area contributed by atoms with E-state index < -0.39 is 40.5 Å². The first-order valence-electron chi connectivity index (χ1n) is 14.7. The Kier molecular flexibility index (Phi) is 11.2. The van der Waals surface area contributed by atoms with Crippen molar-refractivity contribution >= 4 is 27.9 Å². The average Bonchev–Trinajstić information content (AvgIpc) is 3.64. The number of anilines is 1. The van der Waals surface area contributed by atoms with Crippen LogP contribution in [0.4, 0.5) is 15.3 Å². The number of likely N-dealkylation sites (tertiary alicyclic amines) is 1. The van der Waals surface area contributed by atoms with E-state index in [4.69, 9.17) is 25.7 Å². The molecule has 4 rings (SSSR count). The van der Waals surface area contributed by atoms with Gasteiger partial charge in [0.15, 0.2) is 0 Å². The number of benzene rings is 2. The van der Waals surface area contributed by atoms with Crippen LogP contribution in [-0.2, 0) is 30.7 Å². The molecule has 0 aromatic heterocycles. The van der Waals surface area contributed by atoms with Crippen molar-refractivity contribution in [2.75, 3.05) is 45.1 Å². The van der Waals surface area contributed by atoms with Gasteiger partial charge < -0.3 is 35.9 Å². The van der Waals surface area contributed by atoms with Gasteiger partial charge >= 0.3 is 12.2 Å². The molecule has 4 atom stereocenters. The van der Waals surface area contributed by atoms with E-state index in [-0.39, 0.29) is 36.4 Å². The molecule has 43 heavy (non-hydrogen) atoms. The minimum atomic E-state index is -4.03. The van der Waals surface area contributed by atoms with Crippen LogP contribution in [0.5, 0.6) is 0 Å². The maximum Gasteiger partial charge on any atom is 0.410 e. The number of nitrogens with zero attached hydrogens (tertiary/aromatic N) is 2. The molecule has 2 aromatic carbocycles. The Morgan fingerprint density at radius 3 is 2.42 bits per heavy atom. The third-order valence-electron chi connectivity index (χ3n) is 7.42. The summed E-state index contributed by atoms with van der Waals surface area (Å²) in [7, 11) is -4.03. The Hall–Kier alpha value is -3.39. The lowest BCUT2D eigenvalue weighted by Crippen LogP contribution is -2.54. The van der Waals surface area contributed by atoms with Crippen molar-refractivity contribution in [3.8, 4) is 0 Å². The number of nitrogen functional groups attached to an aromatic ring is 1. The third-order valence-corrected chi connectivity index (χ3v) is 9.26. The van der Waals surface area contributed by atoms with Crippen molar-refractivity contribution in [2.45, 2.75) is 62.3 Å². The van der Waals surface area contributed by atoms with Crippen LogP contribution < -0.4 is 16.8 Å². The lowest BCUT2D eigenvalue weighted by molar-refractivity contribution is 0.0324. The lowest BCUT2D eigenvalue weighted by Gasteiger charge is -2.34. The molecule has 5 N–H and O–H groups in total. The Labute approximate surface area is 253 Å². The molecule has 2 heterocycles. The molecule has 236 valence electrons. The van der Waals surface area contributed by atoms with Crippen LogP contribution in [0.25, 0.3) is 0 Å². The van der Waals surface area contributed by atoms with Gasteiger partial charge in [0.25, 0.3) is 0 Å². The minimum absolute atomic E-state index is 0.0515. The number of hydrogen-bond acceptors (Lipinski definition) is 9. The second-order valence-corrected chi connectivity index (χ2v) is 13.5. The van der Waals surface area contributed by atoms with Gasteiger partial charge in [-0.1, -0.05) is 44.2 Å². The first-order valence-corrected chi connectivity index (χ1v) is 16.1. The summed E-state index contributed by atoms with van der Waals surface area (Å²) in [5, 5.41) is 2.88. The highest BCUT2D eigenvalue weighted by Gasteiger charge is 2.37. The summed E-state index contributed by atoms with van der Waals surface area (Å²) in [4.78, 5) is 28.1. The number of carbonyl (C=O) groups is 2. The fraction of sp³-hybridized carbons (Fsp3) is 0.533. The molecular formula is C30H43N5O7S. The van der Waals surface area contributed by atoms with Gasteiger partial charge in [-0.25, -0.2) is 18.0 Å². The Morgan fingerprint density at radius 2 is 1.81 bits per heavy atom. The number of ether oxygens (including phenoxy) is 3. The molecule has 0 radical (unpaired) electrons. The smallest absolute Gasteiger partial charge is 0.410 e. The van der Waals surface area contributed by atoms with E-state index in [1.54, 1.807) is 0 Å². The molecule has 0 unspecified atom stereocenters. The topological polar surface area (TPSA) is 167 Å². The van der Waals surface area contributed by atoms with Gasteiger partial charge in [0.05, 0.1) is 30.7 Å². The minimum Gasteiger partial charge on any atom is -0.444 e. The third kappa shape index (κ3) is 9.30. The highest BCUT2D eigenvalue weighted by atomic mass is 32.2. The zero-order chi connectivity index (χ0) is 31.0. The summed E-state index contributed by atoms with van der Waals surface area (Å²) in [6, 6.07) is 14.3. The van der Waals surface area contributed by atoms with Crippen LogP contribution in [-0.4, -0.2) is 93.5 Å². The van der Waals surface area contributed by atoms with E-state index in [0.717, 1.165) is 5.56 Å². The van der Waals surface area contributed by atoms with E-state index in [1.165, 1.54) is 33.5 Å². The summed E-state index contributed by atoms with van der Waals surface area (Å²) in [5.74, 6) is -0.0515. The predicted octanol–water partition coefficient (Wildman–Crippen LogP) is 2.58. The fourth-order valence-electron chi connectivity index (χ4n) is 5.16. The number of carbonyl (C=O) groups excluding carboxylic acids is 2. The molecule has 12 nitrogen and oxygen atoms in total. The summed E-state index contributed by atoms with van der Waals surface area (Å²) in [6.45, 7) is 5.29. The fourth-order valence-corrected chi connectivity index (χ4v) is 6.77. The molecule has 2 saturated heterocycles. The molecule has 0 aliphatic carbocycles. The van der Waals surface area contributed by atoms with Crippen molar-refractivity contribution in [3.05, 3.63) is 60.2 Å². The van der Waals surface area contributed by atoms with E-state index in [0.29, 0.717) is 44.8 Å². The molecule has 2 aromatic rings. The Balaban J connectivity index is 1.67. The van der Waals surface area contributed by atoms with E-state index >= 15 is 0 Å². The number of rotatable bonds is 12. The maximum absolute atomic E-state index is 13.9. The van der Waals surface area contributed by atoms with Crippen molar-refractivity contribution in [2.24, 2.45) is 11.7 Å². The monoisotopic (exact) mass is 617 g/mol. The first-order chi connectivity index (χ1) is 20.5. The zero-order valence-corrected chi connectivity index (χ0v) is 25.6. The van der Waals surface area contributed by atoms with E-state index in [9.17, 15) is 18.0 Å². The SMILES string of the molecule is CC(C)CN(C[C@@H](OC(=O)N1CC[C@@H](N)C1)[C@H](Cc1ccccc1)NC(=O)O[C@H]1CCOC1)S(=O)(=O)c1ccc(N)cc1. The van der Waals surface area contributed by atoms with Gasteiger partial charge in [-0.15, -0.1) is 0 Å². The van der Waals surface area contributed by atoms with E-state index in [1.807, 2.05) is 44.2 Å². The number of amides is 2. The van der Waals surface area contributed by atoms with Crippen molar-refractivity contribution in [1.82, 2.24) is 14.5 Å². The average molecular weight is 618 g/mol. The van der Waals surface area contributed by atoms with Crippen molar-refractivity contribution in [1.29, 1.82) is 0 Å². The number of alkyl carbamates (subject to hydrolysis) is 1. The Morgan fingerprint density at radius 1 is 1.09 bits per heavy atom. The number of sulfonamides is 1. The van der Waals surface area contributed by atoms with Gasteiger partial charge in [0, 0.05) is 37.8 Å². The van der Waals surface area contributed by atoms with Crippen LogP contribution in [0.2, 0.25) is 0 Å². The van der Waals surface area contributed by atoms with Crippen LogP contribution >= 0.6 is 0 Å². The molecule has 13 heteroatoms. The normalized spacial score (nSPS) is 20.3. The van der Waals surface area contributed by atoms with Crippen LogP contribution in [0.15, 0.2) is 59.5 Å². The van der Waals surface area contributed by atoms with Gasteiger partial charge in [-0.3, -0.25) is 0 Å². The number of hydrogen-bond donors (Lipinski definition) is 3. The summed E-state index contributed by atoms with van der Waals surface area (Å²) in [6.07, 6.45) is -1.32. The molecule has 2 aliphatic rings. The summed E-state index contributed by atoms with van der Waals surface area (Å²) in [5.41, 5.74) is 13.1. The van der Waals surface area contributed by atoms with E-state index in [2.05, 4.69) is 5.32 Å². The second-order valence-electron chi connectivity index (χ2n) is 11.5.